The smallest absolute Gasteiger partial charge is 0.305 e. The molecule has 36 heavy (non-hydrogen) atoms. The molecule has 8 nitrogen and oxygen atoms in total. The Morgan fingerprint density at radius 1 is 0.889 bits per heavy atom. The number of hydrogen-bond donors (Lipinski definition) is 3. The van der Waals surface area contributed by atoms with Gasteiger partial charge in [0.25, 0.3) is 11.8 Å². The maximum absolute atomic E-state index is 13.2. The summed E-state index contributed by atoms with van der Waals surface area (Å²) < 4.78 is 4.93. The monoisotopic (exact) mass is 489 g/mol. The zero-order valence-corrected chi connectivity index (χ0v) is 20.4. The van der Waals surface area contributed by atoms with E-state index in [0.717, 1.165) is 23.2 Å². The predicted molar refractivity (Wildman–Crippen MR) is 140 cm³/mol. The van der Waals surface area contributed by atoms with Crippen molar-refractivity contribution in [2.45, 2.75) is 32.6 Å². The largest absolute Gasteiger partial charge is 0.508 e. The van der Waals surface area contributed by atoms with Gasteiger partial charge in [-0.25, -0.2) is 0 Å². The van der Waals surface area contributed by atoms with Crippen molar-refractivity contribution >= 4 is 39.9 Å². The van der Waals surface area contributed by atoms with Gasteiger partial charge >= 0.3 is 5.97 Å². The van der Waals surface area contributed by atoms with E-state index in [2.05, 4.69) is 10.6 Å². The molecule has 1 heterocycles. The molecule has 3 N–H and O–H groups in total. The van der Waals surface area contributed by atoms with Crippen LogP contribution in [0, 0.1) is 0 Å². The van der Waals surface area contributed by atoms with Crippen molar-refractivity contribution in [2.24, 2.45) is 0 Å². The number of aromatic hydroxyl groups is 1. The van der Waals surface area contributed by atoms with Crippen LogP contribution in [-0.2, 0) is 9.53 Å². The second-order valence-corrected chi connectivity index (χ2v) is 8.67. The highest BCUT2D eigenvalue weighted by Crippen LogP contribution is 2.34. The van der Waals surface area contributed by atoms with Crippen LogP contribution in [0.2, 0.25) is 0 Å². The highest BCUT2D eigenvalue weighted by molar-refractivity contribution is 6.26. The van der Waals surface area contributed by atoms with Crippen molar-refractivity contribution in [1.29, 1.82) is 0 Å². The lowest BCUT2D eigenvalue weighted by Crippen LogP contribution is -2.40. The third-order valence-electron chi connectivity index (χ3n) is 6.20. The van der Waals surface area contributed by atoms with Crippen LogP contribution in [0.15, 0.2) is 54.6 Å². The molecular weight excluding hydrogens is 458 g/mol. The average molecular weight is 490 g/mol. The number of amides is 2. The minimum Gasteiger partial charge on any atom is -0.508 e. The maximum Gasteiger partial charge on any atom is 0.305 e. The average Bonchev–Trinajstić information content (AvgIpc) is 2.88. The van der Waals surface area contributed by atoms with Crippen LogP contribution in [0.5, 0.6) is 5.75 Å². The molecule has 0 atom stereocenters. The first kappa shape index (κ1) is 25.0. The van der Waals surface area contributed by atoms with Gasteiger partial charge in [0.2, 0.25) is 0 Å². The van der Waals surface area contributed by atoms with Gasteiger partial charge in [0.15, 0.2) is 0 Å². The molecule has 0 aromatic heterocycles. The highest BCUT2D eigenvalue weighted by atomic mass is 16.5. The van der Waals surface area contributed by atoms with E-state index in [1.165, 1.54) is 4.90 Å². The van der Waals surface area contributed by atoms with Crippen LogP contribution in [0.4, 0.5) is 11.4 Å². The molecule has 3 aromatic rings. The maximum atomic E-state index is 13.2. The molecule has 1 aliphatic heterocycles. The molecule has 0 saturated carbocycles. The van der Waals surface area contributed by atoms with Gasteiger partial charge < -0.3 is 20.5 Å². The lowest BCUT2D eigenvalue weighted by atomic mass is 9.93. The van der Waals surface area contributed by atoms with E-state index in [4.69, 9.17) is 4.74 Å². The van der Waals surface area contributed by atoms with Crippen molar-refractivity contribution in [2.75, 3.05) is 36.9 Å². The van der Waals surface area contributed by atoms with Crippen molar-refractivity contribution < 1.29 is 24.2 Å². The number of esters is 1. The zero-order chi connectivity index (χ0) is 25.5. The lowest BCUT2D eigenvalue weighted by Gasteiger charge is -2.28. The number of phenols is 1. The molecule has 0 bridgehead atoms. The van der Waals surface area contributed by atoms with Crippen LogP contribution in [-0.4, -0.2) is 54.0 Å². The highest BCUT2D eigenvalue weighted by Gasteiger charge is 2.32. The first-order chi connectivity index (χ1) is 17.5. The molecule has 0 fully saturated rings. The van der Waals surface area contributed by atoms with Gasteiger partial charge in [0.1, 0.15) is 5.75 Å². The molecule has 2 amide bonds. The third kappa shape index (κ3) is 5.59. The van der Waals surface area contributed by atoms with Crippen LogP contribution >= 0.6 is 0 Å². The number of nitrogens with one attached hydrogen (secondary N) is 2. The molecule has 4 rings (SSSR count). The van der Waals surface area contributed by atoms with E-state index < -0.39 is 0 Å². The topological polar surface area (TPSA) is 108 Å². The third-order valence-corrected chi connectivity index (χ3v) is 6.20. The van der Waals surface area contributed by atoms with Crippen LogP contribution < -0.4 is 10.6 Å². The fourth-order valence-corrected chi connectivity index (χ4v) is 4.44. The Morgan fingerprint density at radius 2 is 1.61 bits per heavy atom. The molecule has 0 aliphatic carbocycles. The fraction of sp³-hybridized carbons (Fsp3) is 0.321. The number of rotatable bonds is 12. The molecule has 3 aromatic carbocycles. The van der Waals surface area contributed by atoms with Gasteiger partial charge in [-0.1, -0.05) is 18.6 Å². The van der Waals surface area contributed by atoms with E-state index in [0.29, 0.717) is 62.0 Å². The Labute approximate surface area is 210 Å². The lowest BCUT2D eigenvalue weighted by molar-refractivity contribution is -0.143. The number of imide groups is 1. The van der Waals surface area contributed by atoms with Crippen LogP contribution in [0.3, 0.4) is 0 Å². The molecule has 0 spiro atoms. The van der Waals surface area contributed by atoms with Gasteiger partial charge in [-0.2, -0.15) is 0 Å². The van der Waals surface area contributed by atoms with E-state index in [-0.39, 0.29) is 23.5 Å². The quantitative estimate of drug-likeness (QED) is 0.145. The normalized spacial score (nSPS) is 12.6. The van der Waals surface area contributed by atoms with E-state index in [1.807, 2.05) is 18.2 Å². The molecule has 188 valence electrons. The second kappa shape index (κ2) is 11.6. The Morgan fingerprint density at radius 3 is 2.36 bits per heavy atom. The molecule has 1 aliphatic rings. The summed E-state index contributed by atoms with van der Waals surface area (Å²) in [4.78, 5) is 39.2. The first-order valence-electron chi connectivity index (χ1n) is 12.3. The molecule has 0 radical (unpaired) electrons. The van der Waals surface area contributed by atoms with Crippen molar-refractivity contribution in [3.63, 3.8) is 0 Å². The van der Waals surface area contributed by atoms with Gasteiger partial charge in [-0.15, -0.1) is 0 Å². The second-order valence-electron chi connectivity index (χ2n) is 8.67. The Kier molecular flexibility index (Phi) is 8.05. The zero-order valence-electron chi connectivity index (χ0n) is 20.4. The number of carbonyl (C=O) groups is 3. The van der Waals surface area contributed by atoms with Crippen molar-refractivity contribution in [3.8, 4) is 5.75 Å². The van der Waals surface area contributed by atoms with Crippen LogP contribution in [0.1, 0.15) is 53.3 Å². The standard InChI is InChI=1S/C28H31N3O5/c1-2-36-25(33)9-4-3-5-18-31-27(34)22-8-6-7-21-24(15-14-23(26(21)22)28(31)35)30-17-16-29-19-10-12-20(32)13-11-19/h6-8,10-15,29-30,32H,2-5,9,16-18H2,1H3. The van der Waals surface area contributed by atoms with E-state index in [1.54, 1.807) is 43.3 Å². The number of carbonyl (C=O) groups excluding carboxylic acids is 3. The summed E-state index contributed by atoms with van der Waals surface area (Å²) in [5, 5.41) is 17.6. The van der Waals surface area contributed by atoms with Gasteiger partial charge in [0.05, 0.1) is 6.61 Å². The minimum absolute atomic E-state index is 0.219. The summed E-state index contributed by atoms with van der Waals surface area (Å²) in [5.74, 6) is -0.563. The summed E-state index contributed by atoms with van der Waals surface area (Å²) >= 11 is 0. The Bertz CT molecular complexity index is 1230. The van der Waals surface area contributed by atoms with E-state index in [9.17, 15) is 19.5 Å². The van der Waals surface area contributed by atoms with Gasteiger partial charge in [-0.3, -0.25) is 19.3 Å². The SMILES string of the molecule is CCOC(=O)CCCCCN1C(=O)c2cccc3c(NCCNc4ccc(O)cc4)ccc(c23)C1=O. The fourth-order valence-electron chi connectivity index (χ4n) is 4.44. The Hall–Kier alpha value is -4.07. The summed E-state index contributed by atoms with van der Waals surface area (Å²) in [5.41, 5.74) is 2.82. The van der Waals surface area contributed by atoms with Crippen molar-refractivity contribution in [1.82, 2.24) is 4.90 Å². The molecule has 0 unspecified atom stereocenters. The first-order valence-corrected chi connectivity index (χ1v) is 12.3. The minimum atomic E-state index is -0.283. The van der Waals surface area contributed by atoms with E-state index >= 15 is 0 Å². The van der Waals surface area contributed by atoms with Crippen LogP contribution in [0.25, 0.3) is 10.8 Å². The predicted octanol–water partition coefficient (Wildman–Crippen LogP) is 4.79. The number of unbranched alkanes of at least 4 members (excludes halogenated alkanes) is 2. The summed E-state index contributed by atoms with van der Waals surface area (Å²) in [6, 6.07) is 16.1. The number of ether oxygens (including phenoxy) is 1. The summed E-state index contributed by atoms with van der Waals surface area (Å²) in [7, 11) is 0. The van der Waals surface area contributed by atoms with Gasteiger partial charge in [-0.05, 0) is 62.2 Å². The number of anilines is 2. The summed E-state index contributed by atoms with van der Waals surface area (Å²) in [6.45, 7) is 3.74. The molecule has 8 heteroatoms. The Balaban J connectivity index is 1.39. The van der Waals surface area contributed by atoms with Gasteiger partial charge in [0, 0.05) is 59.3 Å². The molecule has 0 saturated heterocycles. The summed E-state index contributed by atoms with van der Waals surface area (Å²) in [6.07, 6.45) is 2.37. The number of nitrogens with zero attached hydrogens (tertiary/aromatic N) is 1. The number of hydrogen-bond acceptors (Lipinski definition) is 7. The molecular formula is C28H31N3O5. The number of phenolic OH excluding ortho intramolecular Hbond substituents is 1. The van der Waals surface area contributed by atoms with Crippen molar-refractivity contribution in [3.05, 3.63) is 65.7 Å². The number of benzene rings is 3.